The van der Waals surface area contributed by atoms with Crippen LogP contribution in [-0.4, -0.2) is 29.9 Å². The van der Waals surface area contributed by atoms with Crippen LogP contribution in [0.2, 0.25) is 0 Å². The van der Waals surface area contributed by atoms with Gasteiger partial charge in [0.1, 0.15) is 18.5 Å². The van der Waals surface area contributed by atoms with E-state index < -0.39 is 13.8 Å². The molecule has 1 atom stereocenters. The minimum atomic E-state index is -3.25. The zero-order valence-electron chi connectivity index (χ0n) is 18.9. The number of nitrogens with one attached hydrogen (secondary N) is 2. The number of thiazole rings is 1. The van der Waals surface area contributed by atoms with E-state index in [1.165, 1.54) is 0 Å². The molecule has 8 nitrogen and oxygen atoms in total. The third-order valence-corrected chi connectivity index (χ3v) is 7.30. The zero-order chi connectivity index (χ0) is 23.8. The molecule has 0 aliphatic carbocycles. The lowest BCUT2D eigenvalue weighted by Gasteiger charge is -2.26. The van der Waals surface area contributed by atoms with Gasteiger partial charge in [-0.2, -0.15) is 0 Å². The van der Waals surface area contributed by atoms with Crippen molar-refractivity contribution >= 4 is 19.1 Å². The van der Waals surface area contributed by atoms with Gasteiger partial charge in [-0.1, -0.05) is 53.3 Å². The maximum Gasteiger partial charge on any atom is 0.353 e. The summed E-state index contributed by atoms with van der Waals surface area (Å²) in [6.07, 6.45) is -0.109. The summed E-state index contributed by atoms with van der Waals surface area (Å²) in [4.78, 5) is 14.0. The molecule has 1 aromatic heterocycles. The fourth-order valence-electron chi connectivity index (χ4n) is 3.11. The average Bonchev–Trinajstić information content (AvgIpc) is 3.09. The van der Waals surface area contributed by atoms with Gasteiger partial charge >= 0.3 is 12.6 Å². The summed E-state index contributed by atoms with van der Waals surface area (Å²) in [7, 11) is -3.25. The van der Waals surface area contributed by atoms with Gasteiger partial charge < -0.3 is 18.9 Å². The van der Waals surface area contributed by atoms with Crippen LogP contribution in [0.25, 0.3) is 0 Å². The van der Waals surface area contributed by atoms with Crippen molar-refractivity contribution in [1.29, 1.82) is 5.16 Å². The van der Waals surface area contributed by atoms with Crippen molar-refractivity contribution in [2.75, 3.05) is 19.8 Å². The number of aromatic hydroxyl groups is 1. The van der Waals surface area contributed by atoms with E-state index in [-0.39, 0.29) is 17.4 Å². The summed E-state index contributed by atoms with van der Waals surface area (Å²) in [5.74, 6) is 0.543. The van der Waals surface area contributed by atoms with E-state index in [2.05, 4.69) is 4.98 Å². The van der Waals surface area contributed by atoms with E-state index in [1.807, 2.05) is 55.5 Å². The van der Waals surface area contributed by atoms with E-state index >= 15 is 0 Å². The van der Waals surface area contributed by atoms with Crippen molar-refractivity contribution in [3.63, 3.8) is 0 Å². The van der Waals surface area contributed by atoms with Crippen LogP contribution in [-0.2, 0) is 20.0 Å². The first-order valence-corrected chi connectivity index (χ1v) is 13.0. The van der Waals surface area contributed by atoms with Crippen LogP contribution in [0.4, 0.5) is 0 Å². The molecule has 0 radical (unpaired) electrons. The second-order valence-electron chi connectivity index (χ2n) is 7.26. The first-order valence-electron chi connectivity index (χ1n) is 10.6. The molecule has 2 aromatic carbocycles. The first-order chi connectivity index (χ1) is 15.8. The van der Waals surface area contributed by atoms with Crippen molar-refractivity contribution in [2.24, 2.45) is 0 Å². The molecule has 0 aliphatic heterocycles. The van der Waals surface area contributed by atoms with Crippen molar-refractivity contribution in [3.05, 3.63) is 79.8 Å². The minimum absolute atomic E-state index is 0.0887. The molecule has 0 saturated heterocycles. The third-order valence-electron chi connectivity index (χ3n) is 4.70. The van der Waals surface area contributed by atoms with Gasteiger partial charge in [-0.05, 0) is 44.0 Å². The Morgan fingerprint density at radius 2 is 1.70 bits per heavy atom. The number of aromatic amines is 1. The molecule has 0 saturated carbocycles. The van der Waals surface area contributed by atoms with Crippen LogP contribution in [0.1, 0.15) is 41.5 Å². The smallest absolute Gasteiger partial charge is 0.353 e. The molecule has 0 fully saturated rings. The highest BCUT2D eigenvalue weighted by Crippen LogP contribution is 2.53. The van der Waals surface area contributed by atoms with Gasteiger partial charge in [0.15, 0.2) is 0 Å². The van der Waals surface area contributed by atoms with Gasteiger partial charge in [0.05, 0.1) is 18.1 Å². The Kier molecular flexibility index (Phi) is 8.88. The lowest BCUT2D eigenvalue weighted by atomic mass is 10.1. The van der Waals surface area contributed by atoms with Crippen LogP contribution in [0.15, 0.2) is 53.3 Å². The molecule has 1 heterocycles. The number of hydrogen-bond donors (Lipinski definition) is 3. The SMILES string of the molecule is CCOP(=N)(OCC)OC(COc1ccc(Cc2sc(=O)[nH]c2O)cc1)c1ccc(C)cc1. The van der Waals surface area contributed by atoms with Gasteiger partial charge in [-0.15, -0.1) is 0 Å². The molecule has 0 spiro atoms. The van der Waals surface area contributed by atoms with Crippen LogP contribution in [0.5, 0.6) is 11.6 Å². The molecule has 0 aliphatic rings. The molecule has 33 heavy (non-hydrogen) atoms. The van der Waals surface area contributed by atoms with Gasteiger partial charge in [0, 0.05) is 6.42 Å². The van der Waals surface area contributed by atoms with Crippen LogP contribution >= 0.6 is 19.1 Å². The second kappa shape index (κ2) is 11.6. The number of benzene rings is 2. The maximum atomic E-state index is 11.4. The Bertz CT molecular complexity index is 1120. The predicted octanol–water partition coefficient (Wildman–Crippen LogP) is 5.78. The lowest BCUT2D eigenvalue weighted by molar-refractivity contribution is 0.0774. The number of ether oxygens (including phenoxy) is 1. The minimum Gasteiger partial charge on any atom is -0.494 e. The molecule has 10 heteroatoms. The van der Waals surface area contributed by atoms with E-state index in [1.54, 1.807) is 13.8 Å². The molecule has 3 N–H and O–H groups in total. The quantitative estimate of drug-likeness (QED) is 0.276. The van der Waals surface area contributed by atoms with Crippen molar-refractivity contribution in [2.45, 2.75) is 33.3 Å². The molecule has 3 rings (SSSR count). The van der Waals surface area contributed by atoms with E-state index in [0.717, 1.165) is 28.0 Å². The van der Waals surface area contributed by atoms with Crippen molar-refractivity contribution in [1.82, 2.24) is 4.98 Å². The largest absolute Gasteiger partial charge is 0.494 e. The molecule has 0 amide bonds. The van der Waals surface area contributed by atoms with Crippen LogP contribution in [0.3, 0.4) is 0 Å². The molecular weight excluding hydrogens is 463 g/mol. The number of aromatic nitrogens is 1. The van der Waals surface area contributed by atoms with Gasteiger partial charge in [-0.25, -0.2) is 5.16 Å². The summed E-state index contributed by atoms with van der Waals surface area (Å²) in [6.45, 7) is 6.40. The Hall–Kier alpha value is -2.42. The monoisotopic (exact) mass is 492 g/mol. The number of H-pyrrole nitrogens is 1. The predicted molar refractivity (Wildman–Crippen MR) is 129 cm³/mol. The molecule has 0 bridgehead atoms. The highest BCUT2D eigenvalue weighted by atomic mass is 32.1. The second-order valence-corrected chi connectivity index (χ2v) is 10.0. The normalized spacial score (nSPS) is 12.6. The molecular formula is C23H29N2O6PS. The maximum absolute atomic E-state index is 11.4. The first kappa shape index (κ1) is 25.2. The molecule has 1 unspecified atom stereocenters. The van der Waals surface area contributed by atoms with Gasteiger partial charge in [-0.3, -0.25) is 14.3 Å². The summed E-state index contributed by atoms with van der Waals surface area (Å²) in [5, 5.41) is 18.3. The van der Waals surface area contributed by atoms with Crippen LogP contribution < -0.4 is 9.61 Å². The Balaban J connectivity index is 1.71. The third kappa shape index (κ3) is 7.28. The van der Waals surface area contributed by atoms with E-state index in [0.29, 0.717) is 30.3 Å². The highest BCUT2D eigenvalue weighted by Gasteiger charge is 2.27. The van der Waals surface area contributed by atoms with Crippen molar-refractivity contribution in [3.8, 4) is 11.6 Å². The topological polar surface area (TPSA) is 114 Å². The Morgan fingerprint density at radius 3 is 2.24 bits per heavy atom. The fourth-order valence-corrected chi connectivity index (χ4v) is 5.26. The van der Waals surface area contributed by atoms with Gasteiger partial charge in [0.25, 0.3) is 0 Å². The summed E-state index contributed by atoms with van der Waals surface area (Å²) in [5.41, 5.74) is 2.92. The van der Waals surface area contributed by atoms with Crippen LogP contribution in [0, 0.1) is 12.1 Å². The van der Waals surface area contributed by atoms with Gasteiger partial charge in [0.2, 0.25) is 5.88 Å². The highest BCUT2D eigenvalue weighted by molar-refractivity contribution is 7.49. The standard InChI is InChI=1S/C23H29N2O6PS/c1-4-29-32(24,30-5-2)31-20(18-10-6-16(3)7-11-18)15-28-19-12-8-17(9-13-19)14-21-22(26)25-23(27)33-21/h6-13,20,24,26H,4-5,14-15H2,1-3H3,(H,25,27). The Labute approximate surface area is 197 Å². The summed E-state index contributed by atoms with van der Waals surface area (Å²) >= 11 is 0.992. The molecule has 178 valence electrons. The summed E-state index contributed by atoms with van der Waals surface area (Å²) < 4.78 is 23.0. The lowest BCUT2D eigenvalue weighted by Crippen LogP contribution is -2.15. The Morgan fingerprint density at radius 1 is 1.06 bits per heavy atom. The van der Waals surface area contributed by atoms with E-state index in [4.69, 9.17) is 23.5 Å². The fraction of sp³-hybridized carbons (Fsp3) is 0.348. The molecule has 3 aromatic rings. The summed E-state index contributed by atoms with van der Waals surface area (Å²) in [6, 6.07) is 15.3. The average molecular weight is 493 g/mol. The number of hydrogen-bond acceptors (Lipinski definition) is 8. The zero-order valence-corrected chi connectivity index (χ0v) is 20.6. The van der Waals surface area contributed by atoms with Crippen molar-refractivity contribution < 1.29 is 23.4 Å². The number of rotatable bonds is 12. The van der Waals surface area contributed by atoms with E-state index in [9.17, 15) is 9.90 Å². The number of aryl methyl sites for hydroxylation is 1.